The molecule has 3 amide bonds. The van der Waals surface area contributed by atoms with Gasteiger partial charge in [-0.15, -0.1) is 12.6 Å². The van der Waals surface area contributed by atoms with Crippen molar-refractivity contribution < 1.29 is 19.1 Å². The van der Waals surface area contributed by atoms with Gasteiger partial charge in [0.15, 0.2) is 0 Å². The summed E-state index contributed by atoms with van der Waals surface area (Å²) < 4.78 is 5.55. The first-order valence-corrected chi connectivity index (χ1v) is 9.93. The van der Waals surface area contributed by atoms with E-state index < -0.39 is 5.91 Å². The Morgan fingerprint density at radius 3 is 2.22 bits per heavy atom. The highest BCUT2D eigenvalue weighted by molar-refractivity contribution is 7.81. The normalized spacial score (nSPS) is 18.0. The number of primary amides is 1. The van der Waals surface area contributed by atoms with E-state index in [0.29, 0.717) is 0 Å². The number of rotatable bonds is 8. The number of nitrogens with two attached hydrogens (primary N) is 1. The van der Waals surface area contributed by atoms with Crippen molar-refractivity contribution in [1.82, 2.24) is 4.90 Å². The third-order valence-corrected chi connectivity index (χ3v) is 4.26. The van der Waals surface area contributed by atoms with E-state index in [1.165, 1.54) is 0 Å². The molecule has 0 aromatic heterocycles. The van der Waals surface area contributed by atoms with Crippen molar-refractivity contribution in [3.63, 3.8) is 0 Å². The fraction of sp³-hybridized carbons (Fsp3) is 0.850. The SMILES string of the molecule is C.CC.CC1CC(=O)N(CCC(N)=O)C1=O.CCC(C)(S)OCCC(C)C. The van der Waals surface area contributed by atoms with Crippen molar-refractivity contribution in [2.24, 2.45) is 17.6 Å². The molecule has 0 bridgehead atoms. The summed E-state index contributed by atoms with van der Waals surface area (Å²) in [6, 6.07) is 0. The second kappa shape index (κ2) is 15.9. The van der Waals surface area contributed by atoms with Crippen LogP contribution in [0.2, 0.25) is 0 Å². The second-order valence-corrected chi connectivity index (χ2v) is 7.71. The molecule has 0 aromatic carbocycles. The van der Waals surface area contributed by atoms with Crippen LogP contribution in [-0.2, 0) is 19.1 Å². The van der Waals surface area contributed by atoms with Crippen molar-refractivity contribution in [2.75, 3.05) is 13.2 Å². The molecule has 2 unspecified atom stereocenters. The lowest BCUT2D eigenvalue weighted by Gasteiger charge is -2.22. The highest BCUT2D eigenvalue weighted by atomic mass is 32.1. The summed E-state index contributed by atoms with van der Waals surface area (Å²) in [5.74, 6) is -0.443. The molecule has 0 saturated carbocycles. The molecule has 1 aliphatic rings. The third-order valence-electron chi connectivity index (χ3n) is 3.82. The molecule has 1 saturated heterocycles. The Morgan fingerprint density at radius 1 is 1.37 bits per heavy atom. The van der Waals surface area contributed by atoms with Crippen molar-refractivity contribution in [1.29, 1.82) is 0 Å². The van der Waals surface area contributed by atoms with Crippen LogP contribution in [-0.4, -0.2) is 40.7 Å². The molecule has 1 rings (SSSR count). The maximum atomic E-state index is 11.3. The largest absolute Gasteiger partial charge is 0.370 e. The molecule has 0 radical (unpaired) electrons. The van der Waals surface area contributed by atoms with Crippen LogP contribution in [0.25, 0.3) is 0 Å². The zero-order chi connectivity index (χ0) is 20.9. The van der Waals surface area contributed by atoms with Gasteiger partial charge in [-0.3, -0.25) is 19.3 Å². The van der Waals surface area contributed by atoms with Crippen molar-refractivity contribution >= 4 is 30.4 Å². The van der Waals surface area contributed by atoms with Gasteiger partial charge < -0.3 is 10.5 Å². The predicted octanol–water partition coefficient (Wildman–Crippen LogP) is 4.02. The van der Waals surface area contributed by atoms with E-state index in [9.17, 15) is 14.4 Å². The van der Waals surface area contributed by atoms with Gasteiger partial charge in [0.1, 0.15) is 4.93 Å². The number of thiol groups is 1. The summed E-state index contributed by atoms with van der Waals surface area (Å²) >= 11 is 4.37. The zero-order valence-electron chi connectivity index (χ0n) is 17.5. The van der Waals surface area contributed by atoms with Gasteiger partial charge in [-0.25, -0.2) is 0 Å². The Labute approximate surface area is 172 Å². The minimum absolute atomic E-state index is 0. The summed E-state index contributed by atoms with van der Waals surface area (Å²) in [5.41, 5.74) is 4.91. The van der Waals surface area contributed by atoms with Crippen LogP contribution in [0.1, 0.15) is 81.6 Å². The van der Waals surface area contributed by atoms with Crippen LogP contribution >= 0.6 is 12.6 Å². The summed E-state index contributed by atoms with van der Waals surface area (Å²) in [5, 5.41) is 0. The van der Waals surface area contributed by atoms with E-state index in [0.717, 1.165) is 30.3 Å². The van der Waals surface area contributed by atoms with E-state index >= 15 is 0 Å². The molecule has 0 spiro atoms. The van der Waals surface area contributed by atoms with Crippen molar-refractivity contribution in [2.45, 2.75) is 86.5 Å². The number of amides is 3. The van der Waals surface area contributed by atoms with Gasteiger partial charge in [0.05, 0.1) is 0 Å². The molecule has 6 nitrogen and oxygen atoms in total. The maximum Gasteiger partial charge on any atom is 0.232 e. The number of likely N-dealkylation sites (tertiary alicyclic amines) is 1. The van der Waals surface area contributed by atoms with Gasteiger partial charge >= 0.3 is 0 Å². The van der Waals surface area contributed by atoms with Gasteiger partial charge in [0.25, 0.3) is 0 Å². The lowest BCUT2D eigenvalue weighted by Crippen LogP contribution is -2.33. The fourth-order valence-corrected chi connectivity index (χ4v) is 2.01. The lowest BCUT2D eigenvalue weighted by molar-refractivity contribution is -0.139. The first-order valence-electron chi connectivity index (χ1n) is 9.49. The first kappa shape index (κ1) is 30.6. The summed E-state index contributed by atoms with van der Waals surface area (Å²) in [4.78, 5) is 33.7. The predicted molar refractivity (Wildman–Crippen MR) is 115 cm³/mol. The van der Waals surface area contributed by atoms with Crippen molar-refractivity contribution in [3.8, 4) is 0 Å². The smallest absolute Gasteiger partial charge is 0.232 e. The van der Waals surface area contributed by atoms with Gasteiger partial charge in [-0.2, -0.15) is 0 Å². The number of hydrogen-bond donors (Lipinski definition) is 2. The molecular weight excluding hydrogens is 364 g/mol. The van der Waals surface area contributed by atoms with Gasteiger partial charge in [0, 0.05) is 31.9 Å². The molecule has 2 N–H and O–H groups in total. The molecule has 1 heterocycles. The minimum Gasteiger partial charge on any atom is -0.370 e. The molecule has 162 valence electrons. The topological polar surface area (TPSA) is 89.7 Å². The first-order chi connectivity index (χ1) is 12.0. The average Bonchev–Trinajstić information content (AvgIpc) is 2.80. The Hall–Kier alpha value is -1.08. The fourth-order valence-electron chi connectivity index (χ4n) is 1.92. The number of carbonyl (C=O) groups is 3. The van der Waals surface area contributed by atoms with Crippen LogP contribution < -0.4 is 5.73 Å². The van der Waals surface area contributed by atoms with E-state index in [1.807, 2.05) is 20.8 Å². The van der Waals surface area contributed by atoms with Crippen LogP contribution in [0.15, 0.2) is 0 Å². The van der Waals surface area contributed by atoms with Gasteiger partial charge in [-0.05, 0) is 25.7 Å². The Bertz CT molecular complexity index is 440. The molecule has 7 heteroatoms. The Balaban J connectivity index is -0.000000382. The molecule has 1 fully saturated rings. The van der Waals surface area contributed by atoms with E-state index in [2.05, 4.69) is 33.4 Å². The molecular formula is C20H42N2O4S. The van der Waals surface area contributed by atoms with E-state index in [4.69, 9.17) is 10.5 Å². The lowest BCUT2D eigenvalue weighted by atomic mass is 10.1. The molecule has 0 aromatic rings. The summed E-state index contributed by atoms with van der Waals surface area (Å²) in [6.45, 7) is 15.1. The minimum atomic E-state index is -0.500. The number of carbonyl (C=O) groups excluding carboxylic acids is 3. The van der Waals surface area contributed by atoms with Crippen molar-refractivity contribution in [3.05, 3.63) is 0 Å². The second-order valence-electron chi connectivity index (χ2n) is 6.76. The van der Waals surface area contributed by atoms with Gasteiger partial charge in [-0.1, -0.05) is 49.0 Å². The highest BCUT2D eigenvalue weighted by Gasteiger charge is 2.35. The highest BCUT2D eigenvalue weighted by Crippen LogP contribution is 2.20. The number of hydrogen-bond acceptors (Lipinski definition) is 5. The Kier molecular flexibility index (Phi) is 18.1. The molecule has 0 aliphatic carbocycles. The average molecular weight is 407 g/mol. The molecule has 1 aliphatic heterocycles. The van der Waals surface area contributed by atoms with E-state index in [-0.39, 0.29) is 49.5 Å². The number of nitrogens with zero attached hydrogens (tertiary/aromatic N) is 1. The molecule has 27 heavy (non-hydrogen) atoms. The van der Waals surface area contributed by atoms with Crippen LogP contribution in [0, 0.1) is 11.8 Å². The third kappa shape index (κ3) is 14.6. The maximum absolute atomic E-state index is 11.3. The van der Waals surface area contributed by atoms with Crippen LogP contribution in [0.5, 0.6) is 0 Å². The zero-order valence-corrected chi connectivity index (χ0v) is 18.4. The summed E-state index contributed by atoms with van der Waals surface area (Å²) in [7, 11) is 0. The molecule has 2 atom stereocenters. The van der Waals surface area contributed by atoms with Gasteiger partial charge in [0.2, 0.25) is 17.7 Å². The van der Waals surface area contributed by atoms with E-state index in [1.54, 1.807) is 6.92 Å². The Morgan fingerprint density at radius 2 is 1.89 bits per heavy atom. The number of ether oxygens (including phenoxy) is 1. The van der Waals surface area contributed by atoms with Crippen LogP contribution in [0.4, 0.5) is 0 Å². The quantitative estimate of drug-likeness (QED) is 0.362. The monoisotopic (exact) mass is 406 g/mol. The number of imide groups is 1. The van der Waals surface area contributed by atoms with Crippen LogP contribution in [0.3, 0.4) is 0 Å². The standard InChI is InChI=1S/C9H20OS.C8H12N2O3.C2H6.CH4/c1-5-9(4,11)10-7-6-8(2)3;1-5-4-7(12)10(8(5)13)3-2-6(9)11;1-2;/h8,11H,5-7H2,1-4H3;5H,2-4H2,1H3,(H2,9,11);1-2H3;1H4. The summed E-state index contributed by atoms with van der Waals surface area (Å²) in [6.07, 6.45) is 2.37.